The van der Waals surface area contributed by atoms with E-state index in [9.17, 15) is 0 Å². The lowest BCUT2D eigenvalue weighted by atomic mass is 9.87. The van der Waals surface area contributed by atoms with E-state index < -0.39 is 0 Å². The molecule has 134 valence electrons. The molecule has 3 aliphatic rings. The van der Waals surface area contributed by atoms with Gasteiger partial charge < -0.3 is 9.64 Å². The minimum Gasteiger partial charge on any atom is -0.378 e. The summed E-state index contributed by atoms with van der Waals surface area (Å²) in [5.41, 5.74) is 2.18. The van der Waals surface area contributed by atoms with Crippen molar-refractivity contribution in [2.75, 3.05) is 44.3 Å². The maximum absolute atomic E-state index is 5.45. The highest BCUT2D eigenvalue weighted by molar-refractivity contribution is 5.51. The standard InChI is InChI=1S/C19H27N5O/c1-4-16(5-1)23-8-2-3-15(13-23)19-20-18-7-6-17(14-24(18)21-19)22-9-11-25-12-10-22/h6-7,14-16H,1-5,8-13H2/t15-/m0/s1. The van der Waals surface area contributed by atoms with Crippen molar-refractivity contribution in [2.45, 2.75) is 44.1 Å². The Morgan fingerprint density at radius 2 is 1.88 bits per heavy atom. The van der Waals surface area contributed by atoms with Gasteiger partial charge in [-0.25, -0.2) is 9.50 Å². The Hall–Kier alpha value is -1.66. The summed E-state index contributed by atoms with van der Waals surface area (Å²) in [4.78, 5) is 9.89. The maximum atomic E-state index is 5.45. The SMILES string of the molecule is c1cc2nc([C@H]3CCCN(C4CCC4)C3)nn2cc1N1CCOCC1. The quantitative estimate of drug-likeness (QED) is 0.857. The zero-order valence-electron chi connectivity index (χ0n) is 14.8. The average molecular weight is 341 g/mol. The van der Waals surface area contributed by atoms with Gasteiger partial charge in [-0.05, 0) is 44.4 Å². The summed E-state index contributed by atoms with van der Waals surface area (Å²) in [5.74, 6) is 1.52. The van der Waals surface area contributed by atoms with Gasteiger partial charge in [0.15, 0.2) is 11.5 Å². The summed E-state index contributed by atoms with van der Waals surface area (Å²) < 4.78 is 7.43. The van der Waals surface area contributed by atoms with Gasteiger partial charge in [0.25, 0.3) is 0 Å². The lowest BCUT2D eigenvalue weighted by molar-refractivity contribution is 0.0929. The lowest BCUT2D eigenvalue weighted by Gasteiger charge is -2.41. The van der Waals surface area contributed by atoms with Crippen LogP contribution in [-0.2, 0) is 4.74 Å². The van der Waals surface area contributed by atoms with Crippen molar-refractivity contribution in [1.82, 2.24) is 19.5 Å². The van der Waals surface area contributed by atoms with E-state index in [1.165, 1.54) is 44.3 Å². The van der Waals surface area contributed by atoms with Crippen LogP contribution >= 0.6 is 0 Å². The number of morpholine rings is 1. The molecule has 6 nitrogen and oxygen atoms in total. The van der Waals surface area contributed by atoms with E-state index in [2.05, 4.69) is 28.1 Å². The molecule has 4 heterocycles. The van der Waals surface area contributed by atoms with E-state index >= 15 is 0 Å². The molecule has 0 N–H and O–H groups in total. The first-order valence-electron chi connectivity index (χ1n) is 9.80. The van der Waals surface area contributed by atoms with Crippen LogP contribution in [-0.4, -0.2) is 64.9 Å². The van der Waals surface area contributed by atoms with Gasteiger partial charge in [-0.1, -0.05) is 6.42 Å². The van der Waals surface area contributed by atoms with Crippen molar-refractivity contribution in [2.24, 2.45) is 0 Å². The first-order valence-corrected chi connectivity index (χ1v) is 9.80. The van der Waals surface area contributed by atoms with Crippen LogP contribution in [0.5, 0.6) is 0 Å². The average Bonchev–Trinajstić information content (AvgIpc) is 3.04. The number of ether oxygens (including phenoxy) is 1. The molecule has 1 atom stereocenters. The van der Waals surface area contributed by atoms with Crippen LogP contribution in [0.25, 0.3) is 5.65 Å². The summed E-state index contributed by atoms with van der Waals surface area (Å²) in [7, 11) is 0. The first kappa shape index (κ1) is 15.6. The molecule has 0 aromatic carbocycles. The van der Waals surface area contributed by atoms with E-state index in [1.54, 1.807) is 0 Å². The van der Waals surface area contributed by atoms with Crippen molar-refractivity contribution in [3.05, 3.63) is 24.2 Å². The highest BCUT2D eigenvalue weighted by Gasteiger charge is 2.31. The molecule has 0 spiro atoms. The molecule has 2 aromatic heterocycles. The molecule has 1 aliphatic carbocycles. The molecule has 3 fully saturated rings. The number of nitrogens with zero attached hydrogens (tertiary/aromatic N) is 5. The number of aromatic nitrogens is 3. The normalized spacial score (nSPS) is 26.1. The molecule has 2 aliphatic heterocycles. The van der Waals surface area contributed by atoms with E-state index in [-0.39, 0.29) is 0 Å². The molecule has 0 bridgehead atoms. The fraction of sp³-hybridized carbons (Fsp3) is 0.684. The molecule has 0 radical (unpaired) electrons. The first-order chi connectivity index (χ1) is 12.4. The van der Waals surface area contributed by atoms with Gasteiger partial charge >= 0.3 is 0 Å². The lowest BCUT2D eigenvalue weighted by Crippen LogP contribution is -2.45. The number of anilines is 1. The number of hydrogen-bond donors (Lipinski definition) is 0. The number of fused-ring (bicyclic) bond motifs is 1. The number of piperidine rings is 1. The second-order valence-electron chi connectivity index (χ2n) is 7.68. The molecule has 2 saturated heterocycles. The van der Waals surface area contributed by atoms with E-state index in [1.807, 2.05) is 4.52 Å². The molecule has 1 saturated carbocycles. The monoisotopic (exact) mass is 341 g/mol. The van der Waals surface area contributed by atoms with Gasteiger partial charge in [-0.15, -0.1) is 0 Å². The number of pyridine rings is 1. The van der Waals surface area contributed by atoms with Crippen LogP contribution in [0.15, 0.2) is 18.3 Å². The van der Waals surface area contributed by atoms with Crippen LogP contribution in [0.2, 0.25) is 0 Å². The van der Waals surface area contributed by atoms with Crippen molar-refractivity contribution in [3.63, 3.8) is 0 Å². The zero-order valence-corrected chi connectivity index (χ0v) is 14.8. The van der Waals surface area contributed by atoms with Gasteiger partial charge in [-0.3, -0.25) is 4.90 Å². The molecular weight excluding hydrogens is 314 g/mol. The molecule has 2 aromatic rings. The van der Waals surface area contributed by atoms with Crippen molar-refractivity contribution in [3.8, 4) is 0 Å². The Bertz CT molecular complexity index is 734. The molecule has 0 unspecified atom stereocenters. The van der Waals surface area contributed by atoms with Crippen LogP contribution in [0.4, 0.5) is 5.69 Å². The summed E-state index contributed by atoms with van der Waals surface area (Å²) >= 11 is 0. The Morgan fingerprint density at radius 3 is 2.68 bits per heavy atom. The Labute approximate surface area is 148 Å². The Morgan fingerprint density at radius 1 is 1.00 bits per heavy atom. The molecule has 0 amide bonds. The summed E-state index contributed by atoms with van der Waals surface area (Å²) in [6.45, 7) is 5.91. The summed E-state index contributed by atoms with van der Waals surface area (Å²) in [5, 5.41) is 4.85. The molecule has 25 heavy (non-hydrogen) atoms. The Kier molecular flexibility index (Phi) is 4.10. The molecule has 6 heteroatoms. The maximum Gasteiger partial charge on any atom is 0.156 e. The molecular formula is C19H27N5O. The third kappa shape index (κ3) is 3.02. The number of hydrogen-bond acceptors (Lipinski definition) is 5. The fourth-order valence-corrected chi connectivity index (χ4v) is 4.37. The predicted octanol–water partition coefficient (Wildman–Crippen LogP) is 2.30. The van der Waals surface area contributed by atoms with Crippen molar-refractivity contribution >= 4 is 11.3 Å². The predicted molar refractivity (Wildman–Crippen MR) is 97.2 cm³/mol. The number of likely N-dealkylation sites (tertiary alicyclic amines) is 1. The van der Waals surface area contributed by atoms with Gasteiger partial charge in [-0.2, -0.15) is 5.10 Å². The van der Waals surface area contributed by atoms with E-state index in [4.69, 9.17) is 14.8 Å². The van der Waals surface area contributed by atoms with Crippen LogP contribution < -0.4 is 4.90 Å². The van der Waals surface area contributed by atoms with Crippen LogP contribution in [0, 0.1) is 0 Å². The smallest absolute Gasteiger partial charge is 0.156 e. The highest BCUT2D eigenvalue weighted by Crippen LogP contribution is 2.32. The molecule has 5 rings (SSSR count). The van der Waals surface area contributed by atoms with Crippen molar-refractivity contribution < 1.29 is 4.74 Å². The van der Waals surface area contributed by atoms with Gasteiger partial charge in [0.2, 0.25) is 0 Å². The third-order valence-electron chi connectivity index (χ3n) is 6.12. The van der Waals surface area contributed by atoms with E-state index in [0.717, 1.165) is 50.4 Å². The van der Waals surface area contributed by atoms with Gasteiger partial charge in [0.1, 0.15) is 0 Å². The van der Waals surface area contributed by atoms with Gasteiger partial charge in [0, 0.05) is 31.6 Å². The van der Waals surface area contributed by atoms with Crippen LogP contribution in [0.1, 0.15) is 43.8 Å². The minimum atomic E-state index is 0.487. The van der Waals surface area contributed by atoms with Crippen LogP contribution in [0.3, 0.4) is 0 Å². The van der Waals surface area contributed by atoms with Gasteiger partial charge in [0.05, 0.1) is 25.1 Å². The summed E-state index contributed by atoms with van der Waals surface area (Å²) in [6, 6.07) is 5.10. The zero-order chi connectivity index (χ0) is 16.6. The summed E-state index contributed by atoms with van der Waals surface area (Å²) in [6.07, 6.45) is 8.79. The fourth-order valence-electron chi connectivity index (χ4n) is 4.37. The van der Waals surface area contributed by atoms with Crippen molar-refractivity contribution in [1.29, 1.82) is 0 Å². The van der Waals surface area contributed by atoms with E-state index in [0.29, 0.717) is 5.92 Å². The number of rotatable bonds is 3. The minimum absolute atomic E-state index is 0.487. The third-order valence-corrected chi connectivity index (χ3v) is 6.12. The highest BCUT2D eigenvalue weighted by atomic mass is 16.5. The topological polar surface area (TPSA) is 45.9 Å². The second-order valence-corrected chi connectivity index (χ2v) is 7.68. The largest absolute Gasteiger partial charge is 0.378 e. The second kappa shape index (κ2) is 6.57. The Balaban J connectivity index is 1.36.